The Labute approximate surface area is 71.7 Å². The topological polar surface area (TPSA) is 55.2 Å². The first-order valence-electron chi connectivity index (χ1n) is 2.85. The SMILES string of the molecule is O=[N+]([O-])c1cccc(NBr)c1. The number of nitrogens with zero attached hydrogens (tertiary/aromatic N) is 1. The summed E-state index contributed by atoms with van der Waals surface area (Å²) in [7, 11) is 0. The van der Waals surface area contributed by atoms with Gasteiger partial charge >= 0.3 is 0 Å². The molecule has 1 N–H and O–H groups in total. The molecule has 1 aromatic carbocycles. The number of hydrogen-bond acceptors (Lipinski definition) is 3. The third-order valence-electron chi connectivity index (χ3n) is 1.17. The Kier molecular flexibility index (Phi) is 2.43. The van der Waals surface area contributed by atoms with Gasteiger partial charge in [-0.1, -0.05) is 6.07 Å². The molecule has 11 heavy (non-hydrogen) atoms. The zero-order valence-corrected chi connectivity index (χ0v) is 7.04. The molecule has 0 amide bonds. The van der Waals surface area contributed by atoms with Crippen LogP contribution in [0.2, 0.25) is 0 Å². The second-order valence-corrected chi connectivity index (χ2v) is 2.30. The third-order valence-corrected chi connectivity index (χ3v) is 1.62. The number of hydrogen-bond donors (Lipinski definition) is 1. The van der Waals surface area contributed by atoms with E-state index < -0.39 is 4.92 Å². The summed E-state index contributed by atoms with van der Waals surface area (Å²) in [6.07, 6.45) is 0. The van der Waals surface area contributed by atoms with E-state index in [4.69, 9.17) is 0 Å². The van der Waals surface area contributed by atoms with E-state index in [1.165, 1.54) is 12.1 Å². The van der Waals surface area contributed by atoms with Crippen LogP contribution in [0, 0.1) is 10.1 Å². The maximum atomic E-state index is 10.2. The fourth-order valence-electron chi connectivity index (χ4n) is 0.678. The number of nitro benzene ring substituents is 1. The van der Waals surface area contributed by atoms with Gasteiger partial charge in [0.1, 0.15) is 0 Å². The Balaban J connectivity index is 3.01. The maximum Gasteiger partial charge on any atom is 0.271 e. The van der Waals surface area contributed by atoms with E-state index in [-0.39, 0.29) is 5.69 Å². The Bertz CT molecular complexity index is 277. The molecule has 0 aliphatic rings. The van der Waals surface area contributed by atoms with E-state index >= 15 is 0 Å². The van der Waals surface area contributed by atoms with Crippen LogP contribution in [-0.4, -0.2) is 4.92 Å². The number of rotatable bonds is 2. The summed E-state index contributed by atoms with van der Waals surface area (Å²) in [5.74, 6) is 0. The quantitative estimate of drug-likeness (QED) is 0.469. The molecule has 1 rings (SSSR count). The van der Waals surface area contributed by atoms with Crippen molar-refractivity contribution in [3.8, 4) is 0 Å². The van der Waals surface area contributed by atoms with Gasteiger partial charge in [0.05, 0.1) is 10.6 Å². The van der Waals surface area contributed by atoms with Crippen molar-refractivity contribution in [2.75, 3.05) is 4.34 Å². The van der Waals surface area contributed by atoms with Crippen molar-refractivity contribution in [1.82, 2.24) is 0 Å². The van der Waals surface area contributed by atoms with Gasteiger partial charge in [-0.15, -0.1) is 0 Å². The first kappa shape index (κ1) is 8.00. The molecule has 0 spiro atoms. The van der Waals surface area contributed by atoms with Crippen molar-refractivity contribution < 1.29 is 4.92 Å². The van der Waals surface area contributed by atoms with Crippen LogP contribution in [0.4, 0.5) is 11.4 Å². The molecule has 0 saturated carbocycles. The van der Waals surface area contributed by atoms with Crippen LogP contribution in [0.1, 0.15) is 0 Å². The highest BCUT2D eigenvalue weighted by Crippen LogP contribution is 2.17. The second-order valence-electron chi connectivity index (χ2n) is 1.90. The lowest BCUT2D eigenvalue weighted by molar-refractivity contribution is -0.384. The molecule has 0 aromatic heterocycles. The molecule has 1 aromatic rings. The van der Waals surface area contributed by atoms with Crippen LogP contribution in [-0.2, 0) is 0 Å². The van der Waals surface area contributed by atoms with Gasteiger partial charge in [-0.05, 0) is 6.07 Å². The van der Waals surface area contributed by atoms with E-state index in [2.05, 4.69) is 20.5 Å². The predicted octanol–water partition coefficient (Wildman–Crippen LogP) is 2.32. The summed E-state index contributed by atoms with van der Waals surface area (Å²) < 4.78 is 2.63. The van der Waals surface area contributed by atoms with Gasteiger partial charge in [-0.25, -0.2) is 0 Å². The van der Waals surface area contributed by atoms with Gasteiger partial charge in [-0.2, -0.15) is 0 Å². The van der Waals surface area contributed by atoms with Crippen LogP contribution < -0.4 is 4.34 Å². The molecule has 0 atom stereocenters. The number of nitro groups is 1. The van der Waals surface area contributed by atoms with Gasteiger partial charge < -0.3 is 4.34 Å². The van der Waals surface area contributed by atoms with Crippen LogP contribution >= 0.6 is 16.1 Å². The Morgan fingerprint density at radius 1 is 1.55 bits per heavy atom. The average Bonchev–Trinajstić information content (AvgIpc) is 2.05. The van der Waals surface area contributed by atoms with E-state index in [1.807, 2.05) is 0 Å². The van der Waals surface area contributed by atoms with Crippen molar-refractivity contribution in [3.63, 3.8) is 0 Å². The molecule has 0 bridgehead atoms. The zero-order chi connectivity index (χ0) is 8.27. The zero-order valence-electron chi connectivity index (χ0n) is 5.45. The standard InChI is InChI=1S/C6H5BrN2O2/c7-8-5-2-1-3-6(4-5)9(10)11/h1-4,8H. The minimum absolute atomic E-state index is 0.0782. The smallest absolute Gasteiger partial charge is 0.271 e. The Morgan fingerprint density at radius 3 is 2.82 bits per heavy atom. The molecular weight excluding hydrogens is 212 g/mol. The Morgan fingerprint density at radius 2 is 2.27 bits per heavy atom. The highest BCUT2D eigenvalue weighted by atomic mass is 79.9. The van der Waals surface area contributed by atoms with Gasteiger partial charge in [0, 0.05) is 28.3 Å². The molecule has 0 aliphatic heterocycles. The van der Waals surface area contributed by atoms with Crippen molar-refractivity contribution in [3.05, 3.63) is 34.4 Å². The van der Waals surface area contributed by atoms with Crippen molar-refractivity contribution in [2.24, 2.45) is 0 Å². The molecular formula is C6H5BrN2O2. The lowest BCUT2D eigenvalue weighted by Gasteiger charge is -1.95. The van der Waals surface area contributed by atoms with Gasteiger partial charge in [0.15, 0.2) is 0 Å². The van der Waals surface area contributed by atoms with Crippen molar-refractivity contribution in [1.29, 1.82) is 0 Å². The van der Waals surface area contributed by atoms with Gasteiger partial charge in [-0.3, -0.25) is 10.1 Å². The van der Waals surface area contributed by atoms with Crippen LogP contribution in [0.5, 0.6) is 0 Å². The molecule has 0 radical (unpaired) electrons. The average molecular weight is 217 g/mol. The van der Waals surface area contributed by atoms with Gasteiger partial charge in [0.2, 0.25) is 0 Å². The predicted molar refractivity (Wildman–Crippen MR) is 45.6 cm³/mol. The number of benzene rings is 1. The molecule has 0 heterocycles. The summed E-state index contributed by atoms with van der Waals surface area (Å²) >= 11 is 2.97. The van der Waals surface area contributed by atoms with Crippen LogP contribution in [0.15, 0.2) is 24.3 Å². The van der Waals surface area contributed by atoms with E-state index in [0.717, 1.165) is 0 Å². The summed E-state index contributed by atoms with van der Waals surface area (Å²) in [6, 6.07) is 6.21. The number of anilines is 1. The maximum absolute atomic E-state index is 10.2. The minimum atomic E-state index is -0.437. The summed E-state index contributed by atoms with van der Waals surface area (Å²) in [6.45, 7) is 0. The fraction of sp³-hybridized carbons (Fsp3) is 0. The first-order chi connectivity index (χ1) is 5.24. The molecule has 4 nitrogen and oxygen atoms in total. The van der Waals surface area contributed by atoms with E-state index in [0.29, 0.717) is 5.69 Å². The van der Waals surface area contributed by atoms with Crippen LogP contribution in [0.3, 0.4) is 0 Å². The third kappa shape index (κ3) is 1.91. The Hall–Kier alpha value is -1.10. The highest BCUT2D eigenvalue weighted by Gasteiger charge is 2.03. The molecule has 0 aliphatic carbocycles. The highest BCUT2D eigenvalue weighted by molar-refractivity contribution is 9.10. The lowest BCUT2D eigenvalue weighted by Crippen LogP contribution is -1.88. The molecule has 5 heteroatoms. The molecule has 0 saturated heterocycles. The largest absolute Gasteiger partial charge is 0.322 e. The number of non-ortho nitro benzene ring substituents is 1. The summed E-state index contributed by atoms with van der Waals surface area (Å²) in [5, 5.41) is 10.2. The molecule has 0 unspecified atom stereocenters. The fourth-order valence-corrected chi connectivity index (χ4v) is 0.925. The second kappa shape index (κ2) is 3.34. The minimum Gasteiger partial charge on any atom is -0.322 e. The van der Waals surface area contributed by atoms with Gasteiger partial charge in [0.25, 0.3) is 5.69 Å². The number of nitrogens with one attached hydrogen (secondary N) is 1. The normalized spacial score (nSPS) is 9.18. The summed E-state index contributed by atoms with van der Waals surface area (Å²) in [4.78, 5) is 9.79. The van der Waals surface area contributed by atoms with E-state index in [9.17, 15) is 10.1 Å². The number of halogens is 1. The van der Waals surface area contributed by atoms with Crippen molar-refractivity contribution >= 4 is 27.5 Å². The van der Waals surface area contributed by atoms with Crippen molar-refractivity contribution in [2.45, 2.75) is 0 Å². The first-order valence-corrected chi connectivity index (χ1v) is 3.64. The molecule has 58 valence electrons. The monoisotopic (exact) mass is 216 g/mol. The molecule has 0 fully saturated rings. The lowest BCUT2D eigenvalue weighted by atomic mass is 10.3. The van der Waals surface area contributed by atoms with E-state index in [1.54, 1.807) is 12.1 Å². The van der Waals surface area contributed by atoms with Crippen LogP contribution in [0.25, 0.3) is 0 Å². The summed E-state index contributed by atoms with van der Waals surface area (Å²) in [5.41, 5.74) is 0.744.